The molecule has 1 rings (SSSR count). The van der Waals surface area contributed by atoms with Crippen molar-refractivity contribution in [3.63, 3.8) is 0 Å². The van der Waals surface area contributed by atoms with Crippen molar-refractivity contribution in [1.29, 1.82) is 0 Å². The zero-order chi connectivity index (χ0) is 15.1. The third kappa shape index (κ3) is 4.02. The van der Waals surface area contributed by atoms with Crippen molar-refractivity contribution in [3.05, 3.63) is 29.3 Å². The van der Waals surface area contributed by atoms with Crippen LogP contribution in [-0.4, -0.2) is 23.1 Å². The number of amides is 2. The molecule has 0 aliphatic rings. The lowest BCUT2D eigenvalue weighted by Gasteiger charge is -2.16. The Morgan fingerprint density at radius 2 is 2.15 bits per heavy atom. The molecule has 0 saturated carbocycles. The molecule has 0 aliphatic heterocycles. The van der Waals surface area contributed by atoms with Crippen molar-refractivity contribution >= 4 is 17.7 Å². The first-order chi connectivity index (χ1) is 9.49. The van der Waals surface area contributed by atoms with Gasteiger partial charge in [0, 0.05) is 12.5 Å². The van der Waals surface area contributed by atoms with Crippen LogP contribution in [0.2, 0.25) is 0 Å². The second-order valence-electron chi connectivity index (χ2n) is 4.41. The Kier molecular flexibility index (Phi) is 5.60. The Balaban J connectivity index is 2.84. The van der Waals surface area contributed by atoms with Crippen LogP contribution in [0.15, 0.2) is 18.2 Å². The topological polar surface area (TPSA) is 78.4 Å². The van der Waals surface area contributed by atoms with Crippen LogP contribution in [-0.2, 0) is 0 Å². The minimum absolute atomic E-state index is 0.0904. The highest BCUT2D eigenvalue weighted by Crippen LogP contribution is 2.19. The summed E-state index contributed by atoms with van der Waals surface area (Å²) in [4.78, 5) is 23.1. The van der Waals surface area contributed by atoms with Crippen LogP contribution in [0.25, 0.3) is 0 Å². The largest absolute Gasteiger partial charge is 0.478 e. The van der Waals surface area contributed by atoms with Crippen LogP contribution in [0, 0.1) is 19.3 Å². The molecule has 3 N–H and O–H groups in total. The van der Waals surface area contributed by atoms with Crippen molar-refractivity contribution < 1.29 is 14.7 Å². The number of urea groups is 1. The number of benzene rings is 1. The molecule has 0 saturated heterocycles. The van der Waals surface area contributed by atoms with Gasteiger partial charge < -0.3 is 15.7 Å². The molecule has 0 radical (unpaired) electrons. The maximum absolute atomic E-state index is 11.9. The van der Waals surface area contributed by atoms with Crippen molar-refractivity contribution in [2.45, 2.75) is 32.7 Å². The molecular formula is C15H18N2O3. The average molecular weight is 274 g/mol. The molecule has 1 atom stereocenters. The Labute approximate surface area is 118 Å². The monoisotopic (exact) mass is 274 g/mol. The van der Waals surface area contributed by atoms with Gasteiger partial charge in [0.05, 0.1) is 11.3 Å². The van der Waals surface area contributed by atoms with E-state index in [-0.39, 0.29) is 17.3 Å². The van der Waals surface area contributed by atoms with E-state index in [9.17, 15) is 14.7 Å². The predicted octanol–water partition coefficient (Wildman–Crippen LogP) is 2.62. The summed E-state index contributed by atoms with van der Waals surface area (Å²) < 4.78 is 0. The standard InChI is InChI=1S/C15H18N2O3/c1-4-7-11(5-2)16-15(20)17-12-9-6-8-10(3)13(12)14(18)19/h1,6,8-9,11H,5,7H2,2-3H3,(H,18,19)(H2,16,17,20). The van der Waals surface area contributed by atoms with E-state index in [0.29, 0.717) is 18.4 Å². The molecule has 106 valence electrons. The summed E-state index contributed by atoms with van der Waals surface area (Å²) in [6, 6.07) is 4.34. The predicted molar refractivity (Wildman–Crippen MR) is 77.8 cm³/mol. The summed E-state index contributed by atoms with van der Waals surface area (Å²) in [6.45, 7) is 3.59. The molecule has 0 spiro atoms. The molecular weight excluding hydrogens is 256 g/mol. The molecule has 5 nitrogen and oxygen atoms in total. The number of aromatic carboxylic acids is 1. The number of hydrogen-bond donors (Lipinski definition) is 3. The zero-order valence-corrected chi connectivity index (χ0v) is 11.6. The maximum atomic E-state index is 11.9. The molecule has 0 heterocycles. The summed E-state index contributed by atoms with van der Waals surface area (Å²) in [5.41, 5.74) is 0.948. The van der Waals surface area contributed by atoms with E-state index in [1.54, 1.807) is 25.1 Å². The van der Waals surface area contributed by atoms with E-state index in [4.69, 9.17) is 6.42 Å². The number of carbonyl (C=O) groups is 2. The van der Waals surface area contributed by atoms with Gasteiger partial charge in [-0.25, -0.2) is 9.59 Å². The van der Waals surface area contributed by atoms with Crippen LogP contribution in [0.4, 0.5) is 10.5 Å². The van der Waals surface area contributed by atoms with Gasteiger partial charge in [0.25, 0.3) is 0 Å². The molecule has 0 aliphatic carbocycles. The second-order valence-corrected chi connectivity index (χ2v) is 4.41. The summed E-state index contributed by atoms with van der Waals surface area (Å²) in [6.07, 6.45) is 6.36. The second kappa shape index (κ2) is 7.19. The molecule has 20 heavy (non-hydrogen) atoms. The normalized spacial score (nSPS) is 11.2. The third-order valence-electron chi connectivity index (χ3n) is 2.93. The summed E-state index contributed by atoms with van der Waals surface area (Å²) in [7, 11) is 0. The van der Waals surface area contributed by atoms with Crippen LogP contribution < -0.4 is 10.6 Å². The third-order valence-corrected chi connectivity index (χ3v) is 2.93. The fourth-order valence-corrected chi connectivity index (χ4v) is 1.84. The zero-order valence-electron chi connectivity index (χ0n) is 11.6. The molecule has 5 heteroatoms. The van der Waals surface area contributed by atoms with E-state index in [2.05, 4.69) is 16.6 Å². The van der Waals surface area contributed by atoms with E-state index < -0.39 is 12.0 Å². The minimum atomic E-state index is -1.07. The van der Waals surface area contributed by atoms with Gasteiger partial charge in [0.2, 0.25) is 0 Å². The lowest BCUT2D eigenvalue weighted by atomic mass is 10.1. The number of hydrogen-bond acceptors (Lipinski definition) is 2. The summed E-state index contributed by atoms with van der Waals surface area (Å²) >= 11 is 0. The number of rotatable bonds is 5. The smallest absolute Gasteiger partial charge is 0.338 e. The van der Waals surface area contributed by atoms with E-state index in [1.807, 2.05) is 6.92 Å². The SMILES string of the molecule is C#CCC(CC)NC(=O)Nc1cccc(C)c1C(=O)O. The summed E-state index contributed by atoms with van der Waals surface area (Å²) in [5.74, 6) is 1.42. The Hall–Kier alpha value is -2.48. The average Bonchev–Trinajstić information content (AvgIpc) is 2.37. The lowest BCUT2D eigenvalue weighted by molar-refractivity contribution is 0.0697. The van der Waals surface area contributed by atoms with Crippen molar-refractivity contribution in [1.82, 2.24) is 5.32 Å². The maximum Gasteiger partial charge on any atom is 0.338 e. The fourth-order valence-electron chi connectivity index (χ4n) is 1.84. The number of terminal acetylenes is 1. The van der Waals surface area contributed by atoms with Gasteiger partial charge >= 0.3 is 12.0 Å². The van der Waals surface area contributed by atoms with Crippen LogP contribution in [0.1, 0.15) is 35.7 Å². The molecule has 0 bridgehead atoms. The first-order valence-corrected chi connectivity index (χ1v) is 6.33. The van der Waals surface area contributed by atoms with Gasteiger partial charge in [-0.2, -0.15) is 0 Å². The van der Waals surface area contributed by atoms with E-state index >= 15 is 0 Å². The number of carbonyl (C=O) groups excluding carboxylic acids is 1. The van der Waals surface area contributed by atoms with Gasteiger partial charge in [-0.05, 0) is 25.0 Å². The Morgan fingerprint density at radius 3 is 2.70 bits per heavy atom. The van der Waals surface area contributed by atoms with E-state index in [0.717, 1.165) is 0 Å². The number of carboxylic acid groups (broad SMARTS) is 1. The highest BCUT2D eigenvalue weighted by molar-refractivity contribution is 6.01. The number of aryl methyl sites for hydroxylation is 1. The Morgan fingerprint density at radius 1 is 1.45 bits per heavy atom. The quantitative estimate of drug-likeness (QED) is 0.722. The van der Waals surface area contributed by atoms with Gasteiger partial charge in [-0.1, -0.05) is 19.1 Å². The van der Waals surface area contributed by atoms with Crippen LogP contribution in [0.3, 0.4) is 0 Å². The molecule has 1 aromatic carbocycles. The van der Waals surface area contributed by atoms with Crippen molar-refractivity contribution in [2.75, 3.05) is 5.32 Å². The number of anilines is 1. The molecule has 2 amide bonds. The van der Waals surface area contributed by atoms with Crippen LogP contribution >= 0.6 is 0 Å². The highest BCUT2D eigenvalue weighted by atomic mass is 16.4. The first-order valence-electron chi connectivity index (χ1n) is 6.33. The molecule has 1 aromatic rings. The van der Waals surface area contributed by atoms with Gasteiger partial charge in [0.15, 0.2) is 0 Å². The molecule has 0 fully saturated rings. The van der Waals surface area contributed by atoms with Gasteiger partial charge in [0.1, 0.15) is 0 Å². The summed E-state index contributed by atoms with van der Waals surface area (Å²) in [5, 5.41) is 14.4. The van der Waals surface area contributed by atoms with Crippen molar-refractivity contribution in [2.24, 2.45) is 0 Å². The minimum Gasteiger partial charge on any atom is -0.478 e. The highest BCUT2D eigenvalue weighted by Gasteiger charge is 2.16. The van der Waals surface area contributed by atoms with E-state index in [1.165, 1.54) is 0 Å². The molecule has 1 unspecified atom stereocenters. The number of carboxylic acids is 1. The van der Waals surface area contributed by atoms with Crippen LogP contribution in [0.5, 0.6) is 0 Å². The lowest BCUT2D eigenvalue weighted by Crippen LogP contribution is -2.37. The van der Waals surface area contributed by atoms with Gasteiger partial charge in [-0.15, -0.1) is 12.3 Å². The van der Waals surface area contributed by atoms with Crippen molar-refractivity contribution in [3.8, 4) is 12.3 Å². The Bertz CT molecular complexity index is 547. The fraction of sp³-hybridized carbons (Fsp3) is 0.333. The first kappa shape index (κ1) is 15.6. The molecule has 0 aromatic heterocycles. The number of nitrogens with one attached hydrogen (secondary N) is 2. The van der Waals surface area contributed by atoms with Gasteiger partial charge in [-0.3, -0.25) is 0 Å².